The smallest absolute Gasteiger partial charge is 0.114 e. The third-order valence-electron chi connectivity index (χ3n) is 6.58. The Morgan fingerprint density at radius 2 is 1.50 bits per heavy atom. The highest BCUT2D eigenvalue weighted by molar-refractivity contribution is 7.15. The van der Waals surface area contributed by atoms with Gasteiger partial charge in [0.2, 0.25) is 0 Å². The van der Waals surface area contributed by atoms with Crippen molar-refractivity contribution in [2.45, 2.75) is 53.2 Å². The van der Waals surface area contributed by atoms with Gasteiger partial charge in [0.05, 0.1) is 24.9 Å². The second-order valence-electron chi connectivity index (χ2n) is 10.1. The predicted octanol–water partition coefficient (Wildman–Crippen LogP) is 9.65. The summed E-state index contributed by atoms with van der Waals surface area (Å²) in [5.41, 5.74) is 6.94. The van der Waals surface area contributed by atoms with E-state index < -0.39 is 0 Å². The summed E-state index contributed by atoms with van der Waals surface area (Å²) < 4.78 is 15.3. The molecule has 186 valence electrons. The average molecular weight is 533 g/mol. The van der Waals surface area contributed by atoms with Gasteiger partial charge in [0.15, 0.2) is 0 Å². The van der Waals surface area contributed by atoms with Crippen molar-refractivity contribution >= 4 is 45.4 Å². The zero-order valence-corrected chi connectivity index (χ0v) is 23.7. The summed E-state index contributed by atoms with van der Waals surface area (Å²) in [5, 5.41) is 2.10. The first-order chi connectivity index (χ1) is 17.5. The van der Waals surface area contributed by atoms with Crippen molar-refractivity contribution in [3.63, 3.8) is 0 Å². The van der Waals surface area contributed by atoms with Crippen LogP contribution in [0.1, 0.15) is 56.0 Å². The lowest BCUT2D eigenvalue weighted by Gasteiger charge is -2.23. The molecule has 0 bridgehead atoms. The fraction of sp³-hybridized carbons (Fsp3) is 0.333. The van der Waals surface area contributed by atoms with Gasteiger partial charge in [-0.2, -0.15) is 8.75 Å². The van der Waals surface area contributed by atoms with Crippen molar-refractivity contribution in [1.29, 1.82) is 0 Å². The average Bonchev–Trinajstić information content (AvgIpc) is 3.64. The standard InChI is InChI=1S/C30H32N2OS3/c1-19(2)16-26(20(3)4)22-9-7-21(8-10-22)17-33-18-23-11-14-28(35-23)25-13-12-24(27-6-5-15-34-27)29-30(25)32-36-31-29/h5-15,19-20,26H,16-18H2,1-4H3. The van der Waals surface area contributed by atoms with E-state index in [4.69, 9.17) is 4.74 Å². The maximum atomic E-state index is 6.09. The molecule has 3 heterocycles. The molecule has 0 saturated carbocycles. The Morgan fingerprint density at radius 1 is 0.778 bits per heavy atom. The molecule has 0 saturated heterocycles. The SMILES string of the molecule is CC(C)CC(c1ccc(COCc2ccc(-c3ccc(-c4cccs4)c4nsnc34)s2)cc1)C(C)C. The van der Waals surface area contributed by atoms with E-state index in [1.807, 2.05) is 0 Å². The van der Waals surface area contributed by atoms with Crippen LogP contribution in [0.25, 0.3) is 31.9 Å². The van der Waals surface area contributed by atoms with E-state index in [1.165, 1.54) is 43.9 Å². The van der Waals surface area contributed by atoms with Crippen LogP contribution < -0.4 is 0 Å². The Kier molecular flexibility index (Phi) is 7.96. The fourth-order valence-corrected chi connectivity index (χ4v) is 7.03. The van der Waals surface area contributed by atoms with Crippen molar-refractivity contribution in [1.82, 2.24) is 8.75 Å². The van der Waals surface area contributed by atoms with Crippen LogP contribution in [0.3, 0.4) is 0 Å². The number of rotatable bonds is 10. The van der Waals surface area contributed by atoms with Gasteiger partial charge in [-0.3, -0.25) is 0 Å². The molecular formula is C30H32N2OS3. The topological polar surface area (TPSA) is 35.0 Å². The van der Waals surface area contributed by atoms with Gasteiger partial charge in [-0.15, -0.1) is 22.7 Å². The lowest BCUT2D eigenvalue weighted by molar-refractivity contribution is 0.109. The molecule has 5 rings (SSSR count). The largest absolute Gasteiger partial charge is 0.371 e. The number of hydrogen-bond donors (Lipinski definition) is 0. The van der Waals surface area contributed by atoms with Crippen LogP contribution in [0.4, 0.5) is 0 Å². The predicted molar refractivity (Wildman–Crippen MR) is 156 cm³/mol. The molecule has 0 aliphatic heterocycles. The van der Waals surface area contributed by atoms with Crippen LogP contribution in [0, 0.1) is 11.8 Å². The molecule has 5 aromatic rings. The van der Waals surface area contributed by atoms with Gasteiger partial charge in [0.1, 0.15) is 11.0 Å². The summed E-state index contributed by atoms with van der Waals surface area (Å²) in [7, 11) is 0. The lowest BCUT2D eigenvalue weighted by Crippen LogP contribution is -2.10. The molecule has 2 aromatic carbocycles. The van der Waals surface area contributed by atoms with Crippen LogP contribution in [-0.4, -0.2) is 8.75 Å². The molecule has 0 N–H and O–H groups in total. The minimum atomic E-state index is 0.611. The van der Waals surface area contributed by atoms with E-state index >= 15 is 0 Å². The molecular weight excluding hydrogens is 501 g/mol. The quantitative estimate of drug-likeness (QED) is 0.180. The highest BCUT2D eigenvalue weighted by Gasteiger charge is 2.18. The highest BCUT2D eigenvalue weighted by atomic mass is 32.1. The highest BCUT2D eigenvalue weighted by Crippen LogP contribution is 2.38. The molecule has 1 unspecified atom stereocenters. The molecule has 36 heavy (non-hydrogen) atoms. The first-order valence-electron chi connectivity index (χ1n) is 12.5. The lowest BCUT2D eigenvalue weighted by atomic mass is 9.82. The minimum absolute atomic E-state index is 0.611. The molecule has 0 aliphatic rings. The molecule has 6 heteroatoms. The number of ether oxygens (including phenoxy) is 1. The third kappa shape index (κ3) is 5.62. The second kappa shape index (κ2) is 11.3. The summed E-state index contributed by atoms with van der Waals surface area (Å²) in [6.45, 7) is 10.5. The van der Waals surface area contributed by atoms with Crippen LogP contribution in [0.15, 0.2) is 66.0 Å². The normalized spacial score (nSPS) is 12.7. The molecule has 0 aliphatic carbocycles. The number of benzene rings is 2. The molecule has 0 fully saturated rings. The first kappa shape index (κ1) is 25.3. The Morgan fingerprint density at radius 3 is 2.14 bits per heavy atom. The zero-order valence-electron chi connectivity index (χ0n) is 21.2. The van der Waals surface area contributed by atoms with Gasteiger partial charge in [-0.25, -0.2) is 0 Å². The van der Waals surface area contributed by atoms with Gasteiger partial charge in [-0.05, 0) is 58.9 Å². The number of nitrogens with zero attached hydrogens (tertiary/aromatic N) is 2. The summed E-state index contributed by atoms with van der Waals surface area (Å²) >= 11 is 4.79. The monoisotopic (exact) mass is 532 g/mol. The van der Waals surface area contributed by atoms with Crippen molar-refractivity contribution < 1.29 is 4.74 Å². The van der Waals surface area contributed by atoms with E-state index in [9.17, 15) is 0 Å². The maximum Gasteiger partial charge on any atom is 0.114 e. The fourth-order valence-electron chi connectivity index (χ4n) is 4.73. The van der Waals surface area contributed by atoms with Gasteiger partial charge in [-0.1, -0.05) is 70.2 Å². The molecule has 0 radical (unpaired) electrons. The van der Waals surface area contributed by atoms with E-state index in [2.05, 4.69) is 102 Å². The van der Waals surface area contributed by atoms with Crippen LogP contribution in [0.2, 0.25) is 0 Å². The number of thiophene rings is 2. The summed E-state index contributed by atoms with van der Waals surface area (Å²) in [6, 6.07) is 22.0. The number of hydrogen-bond acceptors (Lipinski definition) is 6. The summed E-state index contributed by atoms with van der Waals surface area (Å²) in [5.74, 6) is 1.97. The number of fused-ring (bicyclic) bond motifs is 1. The molecule has 0 spiro atoms. The summed E-state index contributed by atoms with van der Waals surface area (Å²) in [6.07, 6.45) is 1.23. The van der Waals surface area contributed by atoms with Gasteiger partial charge in [0, 0.05) is 25.8 Å². The minimum Gasteiger partial charge on any atom is -0.371 e. The van der Waals surface area contributed by atoms with Crippen LogP contribution in [-0.2, 0) is 18.0 Å². The molecule has 3 nitrogen and oxygen atoms in total. The van der Waals surface area contributed by atoms with E-state index in [-0.39, 0.29) is 0 Å². The maximum absolute atomic E-state index is 6.09. The van der Waals surface area contributed by atoms with Crippen molar-refractivity contribution in [3.8, 4) is 20.9 Å². The molecule has 0 amide bonds. The Labute approximate surface area is 226 Å². The first-order valence-corrected chi connectivity index (χ1v) is 15.0. The number of aromatic nitrogens is 2. The summed E-state index contributed by atoms with van der Waals surface area (Å²) in [4.78, 5) is 3.66. The second-order valence-corrected chi connectivity index (χ2v) is 12.7. The Hall–Kier alpha value is -2.38. The van der Waals surface area contributed by atoms with Crippen molar-refractivity contribution in [3.05, 3.63) is 82.0 Å². The third-order valence-corrected chi connectivity index (χ3v) is 9.10. The van der Waals surface area contributed by atoms with Crippen LogP contribution >= 0.6 is 34.4 Å². The van der Waals surface area contributed by atoms with Gasteiger partial charge in [0.25, 0.3) is 0 Å². The van der Waals surface area contributed by atoms with Gasteiger partial charge < -0.3 is 4.74 Å². The van der Waals surface area contributed by atoms with E-state index in [1.54, 1.807) is 22.7 Å². The molecule has 1 atom stereocenters. The molecule has 3 aromatic heterocycles. The van der Waals surface area contributed by atoms with Crippen molar-refractivity contribution in [2.24, 2.45) is 11.8 Å². The van der Waals surface area contributed by atoms with Crippen LogP contribution in [0.5, 0.6) is 0 Å². The Balaban J connectivity index is 1.23. The van der Waals surface area contributed by atoms with E-state index in [0.29, 0.717) is 31.0 Å². The van der Waals surface area contributed by atoms with E-state index in [0.717, 1.165) is 22.2 Å². The van der Waals surface area contributed by atoms with Crippen molar-refractivity contribution in [2.75, 3.05) is 0 Å². The van der Waals surface area contributed by atoms with Gasteiger partial charge >= 0.3 is 0 Å². The zero-order chi connectivity index (χ0) is 25.1. The Bertz CT molecular complexity index is 1400.